The van der Waals surface area contributed by atoms with Crippen molar-refractivity contribution >= 4 is 15.9 Å². The first kappa shape index (κ1) is 17.1. The molecule has 0 saturated carbocycles. The van der Waals surface area contributed by atoms with Crippen molar-refractivity contribution in [1.82, 2.24) is 14.7 Å². The van der Waals surface area contributed by atoms with Gasteiger partial charge in [0, 0.05) is 18.3 Å². The van der Waals surface area contributed by atoms with E-state index in [4.69, 9.17) is 0 Å². The Bertz CT molecular complexity index is 960. The van der Waals surface area contributed by atoms with Crippen LogP contribution in [0.15, 0.2) is 66.9 Å². The third kappa shape index (κ3) is 4.85. The Morgan fingerprint density at radius 2 is 1.80 bits per heavy atom. The van der Waals surface area contributed by atoms with E-state index in [0.29, 0.717) is 11.5 Å². The highest BCUT2D eigenvalue weighted by molar-refractivity contribution is 7.90. The highest BCUT2D eigenvalue weighted by Crippen LogP contribution is 2.21. The lowest BCUT2D eigenvalue weighted by Gasteiger charge is -2.10. The molecule has 1 heterocycles. The fraction of sp³-hybridized carbons (Fsp3) is 0.111. The maximum Gasteiger partial charge on any atom is 0.299 e. The van der Waals surface area contributed by atoms with Crippen LogP contribution in [0.2, 0.25) is 0 Å². The maximum absolute atomic E-state index is 12.2. The molecule has 3 rings (SSSR count). The van der Waals surface area contributed by atoms with Crippen LogP contribution in [0.25, 0.3) is 11.3 Å². The van der Waals surface area contributed by atoms with E-state index in [-0.39, 0.29) is 6.54 Å². The van der Waals surface area contributed by atoms with E-state index < -0.39 is 10.2 Å². The summed E-state index contributed by atoms with van der Waals surface area (Å²) in [7, 11) is -3.67. The summed E-state index contributed by atoms with van der Waals surface area (Å²) in [6.45, 7) is 2.03. The number of anilines is 1. The lowest BCUT2D eigenvalue weighted by molar-refractivity contribution is 0.587. The first-order valence-corrected chi connectivity index (χ1v) is 9.21. The Kier molecular flexibility index (Phi) is 5.06. The molecule has 0 amide bonds. The number of hydrogen-bond acceptors (Lipinski definition) is 4. The molecule has 0 radical (unpaired) electrons. The van der Waals surface area contributed by atoms with Gasteiger partial charge in [0.15, 0.2) is 0 Å². The van der Waals surface area contributed by atoms with E-state index in [1.54, 1.807) is 30.5 Å². The molecule has 25 heavy (non-hydrogen) atoms. The van der Waals surface area contributed by atoms with Crippen molar-refractivity contribution < 1.29 is 8.42 Å². The molecule has 0 atom stereocenters. The van der Waals surface area contributed by atoms with Crippen LogP contribution in [0.3, 0.4) is 0 Å². The summed E-state index contributed by atoms with van der Waals surface area (Å²) in [5.74, 6) is 0.660. The van der Waals surface area contributed by atoms with Crippen LogP contribution in [0.5, 0.6) is 0 Å². The van der Waals surface area contributed by atoms with Gasteiger partial charge in [-0.3, -0.25) is 4.72 Å². The minimum Gasteiger partial charge on any atom is -0.271 e. The molecule has 2 aromatic carbocycles. The smallest absolute Gasteiger partial charge is 0.271 e. The number of aryl methyl sites for hydroxylation is 1. The number of rotatable bonds is 6. The summed E-state index contributed by atoms with van der Waals surface area (Å²) < 4.78 is 29.5. The Labute approximate surface area is 147 Å². The molecular weight excluding hydrogens is 336 g/mol. The second kappa shape index (κ2) is 7.42. The van der Waals surface area contributed by atoms with Crippen molar-refractivity contribution in [3.63, 3.8) is 0 Å². The standard InChI is InChI=1S/C18H18N4O2S/c1-14-19-11-10-18(21-14)16-8-5-9-17(12-16)22-25(23,24)20-13-15-6-3-2-4-7-15/h2-12,20,22H,13H2,1H3. The number of aromatic nitrogens is 2. The van der Waals surface area contributed by atoms with Crippen LogP contribution in [-0.4, -0.2) is 18.4 Å². The molecule has 0 aliphatic carbocycles. The van der Waals surface area contributed by atoms with Crippen LogP contribution < -0.4 is 9.44 Å². The average molecular weight is 354 g/mol. The summed E-state index contributed by atoms with van der Waals surface area (Å²) in [5.41, 5.74) is 2.91. The lowest BCUT2D eigenvalue weighted by atomic mass is 10.1. The number of benzene rings is 2. The van der Waals surface area contributed by atoms with Crippen molar-refractivity contribution in [3.05, 3.63) is 78.2 Å². The molecule has 2 N–H and O–H groups in total. The van der Waals surface area contributed by atoms with Crippen molar-refractivity contribution in [1.29, 1.82) is 0 Å². The predicted molar refractivity (Wildman–Crippen MR) is 98.0 cm³/mol. The van der Waals surface area contributed by atoms with Gasteiger partial charge in [-0.15, -0.1) is 0 Å². The van der Waals surface area contributed by atoms with E-state index in [9.17, 15) is 8.42 Å². The van der Waals surface area contributed by atoms with Crippen LogP contribution in [0, 0.1) is 6.92 Å². The number of nitrogens with zero attached hydrogens (tertiary/aromatic N) is 2. The minimum atomic E-state index is -3.67. The monoisotopic (exact) mass is 354 g/mol. The van der Waals surface area contributed by atoms with E-state index in [2.05, 4.69) is 19.4 Å². The zero-order chi connectivity index (χ0) is 17.7. The fourth-order valence-electron chi connectivity index (χ4n) is 2.32. The van der Waals surface area contributed by atoms with E-state index in [0.717, 1.165) is 16.8 Å². The molecule has 0 fully saturated rings. The van der Waals surface area contributed by atoms with E-state index in [1.807, 2.05) is 43.3 Å². The van der Waals surface area contributed by atoms with Crippen LogP contribution in [0.1, 0.15) is 11.4 Å². The Hall–Kier alpha value is -2.77. The van der Waals surface area contributed by atoms with E-state index in [1.165, 1.54) is 0 Å². The van der Waals surface area contributed by atoms with Crippen LogP contribution in [-0.2, 0) is 16.8 Å². The van der Waals surface area contributed by atoms with Crippen molar-refractivity contribution in [2.24, 2.45) is 0 Å². The molecule has 6 nitrogen and oxygen atoms in total. The van der Waals surface area contributed by atoms with E-state index >= 15 is 0 Å². The van der Waals surface area contributed by atoms with Crippen LogP contribution >= 0.6 is 0 Å². The van der Waals surface area contributed by atoms with Gasteiger partial charge in [-0.25, -0.2) is 9.97 Å². The van der Waals surface area contributed by atoms with Gasteiger partial charge in [0.25, 0.3) is 10.2 Å². The second-order valence-electron chi connectivity index (χ2n) is 5.48. The molecule has 0 bridgehead atoms. The van der Waals surface area contributed by atoms with Gasteiger partial charge in [-0.2, -0.15) is 13.1 Å². The summed E-state index contributed by atoms with van der Waals surface area (Å²) in [4.78, 5) is 8.42. The zero-order valence-electron chi connectivity index (χ0n) is 13.7. The Morgan fingerprint density at radius 1 is 1.00 bits per heavy atom. The molecule has 0 aliphatic rings. The normalized spacial score (nSPS) is 11.2. The largest absolute Gasteiger partial charge is 0.299 e. The molecule has 0 aliphatic heterocycles. The molecular formula is C18H18N4O2S. The summed E-state index contributed by atoms with van der Waals surface area (Å²) in [6, 6.07) is 18.2. The zero-order valence-corrected chi connectivity index (χ0v) is 14.5. The Morgan fingerprint density at radius 3 is 2.56 bits per heavy atom. The topological polar surface area (TPSA) is 84.0 Å². The molecule has 0 saturated heterocycles. The Balaban J connectivity index is 1.73. The molecule has 128 valence electrons. The van der Waals surface area contributed by atoms with Gasteiger partial charge in [0.2, 0.25) is 0 Å². The summed E-state index contributed by atoms with van der Waals surface area (Å²) in [6.07, 6.45) is 1.68. The van der Waals surface area contributed by atoms with Crippen LogP contribution in [0.4, 0.5) is 5.69 Å². The summed E-state index contributed by atoms with van der Waals surface area (Å²) in [5, 5.41) is 0. The van der Waals surface area contributed by atoms with Gasteiger partial charge in [0.05, 0.1) is 11.4 Å². The van der Waals surface area contributed by atoms with Gasteiger partial charge in [-0.05, 0) is 30.7 Å². The van der Waals surface area contributed by atoms with Gasteiger partial charge < -0.3 is 0 Å². The average Bonchev–Trinajstić information content (AvgIpc) is 2.61. The molecule has 7 heteroatoms. The minimum absolute atomic E-state index is 0.223. The molecule has 0 unspecified atom stereocenters. The second-order valence-corrected chi connectivity index (χ2v) is 6.98. The van der Waals surface area contributed by atoms with Crippen molar-refractivity contribution in [3.8, 4) is 11.3 Å². The first-order chi connectivity index (χ1) is 12.0. The van der Waals surface area contributed by atoms with Gasteiger partial charge in [-0.1, -0.05) is 42.5 Å². The third-order valence-electron chi connectivity index (χ3n) is 3.50. The number of nitrogens with one attached hydrogen (secondary N) is 2. The quantitative estimate of drug-likeness (QED) is 0.713. The fourth-order valence-corrected chi connectivity index (χ4v) is 3.19. The molecule has 3 aromatic rings. The maximum atomic E-state index is 12.2. The molecule has 1 aromatic heterocycles. The first-order valence-electron chi connectivity index (χ1n) is 7.73. The predicted octanol–water partition coefficient (Wildman–Crippen LogP) is 2.90. The SMILES string of the molecule is Cc1nccc(-c2cccc(NS(=O)(=O)NCc3ccccc3)c2)n1. The summed E-state index contributed by atoms with van der Waals surface area (Å²) >= 11 is 0. The highest BCUT2D eigenvalue weighted by Gasteiger charge is 2.10. The van der Waals surface area contributed by atoms with Gasteiger partial charge in [0.1, 0.15) is 5.82 Å². The van der Waals surface area contributed by atoms with Crippen molar-refractivity contribution in [2.75, 3.05) is 4.72 Å². The lowest BCUT2D eigenvalue weighted by Crippen LogP contribution is -2.29. The highest BCUT2D eigenvalue weighted by atomic mass is 32.2. The third-order valence-corrected chi connectivity index (χ3v) is 4.52. The van der Waals surface area contributed by atoms with Gasteiger partial charge >= 0.3 is 0 Å². The van der Waals surface area contributed by atoms with Crippen molar-refractivity contribution in [2.45, 2.75) is 13.5 Å². The number of hydrogen-bond donors (Lipinski definition) is 2. The molecule has 0 spiro atoms.